The van der Waals surface area contributed by atoms with Crippen LogP contribution in [0.25, 0.3) is 0 Å². The third-order valence-electron chi connectivity index (χ3n) is 2.60. The fourth-order valence-corrected chi connectivity index (χ4v) is 1.64. The number of carboxylic acids is 1. The minimum absolute atomic E-state index is 0.152. The van der Waals surface area contributed by atoms with Crippen LogP contribution in [0.5, 0.6) is 0 Å². The number of rotatable bonds is 6. The summed E-state index contributed by atoms with van der Waals surface area (Å²) in [7, 11) is 0. The molecule has 0 spiro atoms. The SMILES string of the molecule is NCc1cc(C(=O)NCc2cn(CC(=O)O)nn2)ccn1. The van der Waals surface area contributed by atoms with Crippen LogP contribution >= 0.6 is 0 Å². The second-order valence-electron chi connectivity index (χ2n) is 4.22. The van der Waals surface area contributed by atoms with Gasteiger partial charge in [-0.3, -0.25) is 14.6 Å². The van der Waals surface area contributed by atoms with E-state index in [2.05, 4.69) is 20.6 Å². The van der Waals surface area contributed by atoms with E-state index >= 15 is 0 Å². The van der Waals surface area contributed by atoms with E-state index < -0.39 is 5.97 Å². The van der Waals surface area contributed by atoms with E-state index in [0.29, 0.717) is 17.0 Å². The summed E-state index contributed by atoms with van der Waals surface area (Å²) in [5.74, 6) is -1.30. The summed E-state index contributed by atoms with van der Waals surface area (Å²) in [6, 6.07) is 3.19. The molecule has 1 amide bonds. The maximum Gasteiger partial charge on any atom is 0.325 e. The summed E-state index contributed by atoms with van der Waals surface area (Å²) >= 11 is 0. The number of amides is 1. The average molecular weight is 290 g/mol. The Bertz CT molecular complexity index is 654. The van der Waals surface area contributed by atoms with Gasteiger partial charge < -0.3 is 16.2 Å². The first-order valence-corrected chi connectivity index (χ1v) is 6.12. The van der Waals surface area contributed by atoms with Crippen LogP contribution in [-0.4, -0.2) is 37.0 Å². The molecule has 2 rings (SSSR count). The quantitative estimate of drug-likeness (QED) is 0.630. The molecule has 0 fully saturated rings. The average Bonchev–Trinajstić information content (AvgIpc) is 2.91. The lowest BCUT2D eigenvalue weighted by atomic mass is 10.2. The summed E-state index contributed by atoms with van der Waals surface area (Å²) in [4.78, 5) is 26.5. The van der Waals surface area contributed by atoms with Crippen molar-refractivity contribution < 1.29 is 14.7 Å². The Balaban J connectivity index is 1.94. The van der Waals surface area contributed by atoms with Crippen LogP contribution in [0.3, 0.4) is 0 Å². The van der Waals surface area contributed by atoms with Crippen molar-refractivity contribution in [1.82, 2.24) is 25.3 Å². The van der Waals surface area contributed by atoms with E-state index in [0.717, 1.165) is 0 Å². The maximum atomic E-state index is 11.9. The van der Waals surface area contributed by atoms with Gasteiger partial charge in [0.25, 0.3) is 5.91 Å². The fraction of sp³-hybridized carbons (Fsp3) is 0.250. The topological polar surface area (TPSA) is 136 Å². The summed E-state index contributed by atoms with van der Waals surface area (Å²) in [5, 5.41) is 18.7. The number of hydrogen-bond donors (Lipinski definition) is 3. The normalized spacial score (nSPS) is 10.3. The molecule has 0 aromatic carbocycles. The number of aliphatic carboxylic acids is 1. The van der Waals surface area contributed by atoms with Crippen LogP contribution in [0.2, 0.25) is 0 Å². The lowest BCUT2D eigenvalue weighted by Gasteiger charge is -2.04. The van der Waals surface area contributed by atoms with Gasteiger partial charge in [0.2, 0.25) is 0 Å². The summed E-state index contributed by atoms with van der Waals surface area (Å²) in [5.41, 5.74) is 7.00. The first-order valence-electron chi connectivity index (χ1n) is 6.12. The zero-order valence-corrected chi connectivity index (χ0v) is 11.1. The first kappa shape index (κ1) is 14.6. The summed E-state index contributed by atoms with van der Waals surface area (Å²) in [6.45, 7) is 0.133. The molecule has 9 heteroatoms. The number of nitrogens with zero attached hydrogens (tertiary/aromatic N) is 4. The van der Waals surface area contributed by atoms with Crippen LogP contribution in [0, 0.1) is 0 Å². The molecule has 0 radical (unpaired) electrons. The molecule has 4 N–H and O–H groups in total. The molecule has 2 heterocycles. The fourth-order valence-electron chi connectivity index (χ4n) is 1.64. The number of carbonyl (C=O) groups excluding carboxylic acids is 1. The van der Waals surface area contributed by atoms with Gasteiger partial charge in [0, 0.05) is 18.3 Å². The van der Waals surface area contributed by atoms with Crippen molar-refractivity contribution in [2.24, 2.45) is 5.73 Å². The molecule has 21 heavy (non-hydrogen) atoms. The van der Waals surface area contributed by atoms with Crippen molar-refractivity contribution in [1.29, 1.82) is 0 Å². The van der Waals surface area contributed by atoms with E-state index in [-0.39, 0.29) is 25.5 Å². The molecule has 0 aliphatic carbocycles. The molecule has 0 aliphatic heterocycles. The Hall–Kier alpha value is -2.81. The van der Waals surface area contributed by atoms with E-state index in [1.807, 2.05) is 0 Å². The van der Waals surface area contributed by atoms with E-state index in [9.17, 15) is 9.59 Å². The second-order valence-corrected chi connectivity index (χ2v) is 4.22. The van der Waals surface area contributed by atoms with Crippen molar-refractivity contribution >= 4 is 11.9 Å². The molecule has 9 nitrogen and oxygen atoms in total. The Labute approximate surface area is 119 Å². The lowest BCUT2D eigenvalue weighted by molar-refractivity contribution is -0.137. The molecule has 0 bridgehead atoms. The highest BCUT2D eigenvalue weighted by Crippen LogP contribution is 2.02. The lowest BCUT2D eigenvalue weighted by Crippen LogP contribution is -2.23. The third kappa shape index (κ3) is 4.08. The number of pyridine rings is 1. The van der Waals surface area contributed by atoms with Gasteiger partial charge in [0.1, 0.15) is 12.2 Å². The highest BCUT2D eigenvalue weighted by Gasteiger charge is 2.09. The molecular weight excluding hydrogens is 276 g/mol. The highest BCUT2D eigenvalue weighted by molar-refractivity contribution is 5.94. The Kier molecular flexibility index (Phi) is 4.57. The van der Waals surface area contributed by atoms with Crippen molar-refractivity contribution in [3.8, 4) is 0 Å². The molecule has 0 atom stereocenters. The van der Waals surface area contributed by atoms with E-state index in [1.165, 1.54) is 17.1 Å². The largest absolute Gasteiger partial charge is 0.480 e. The molecule has 0 saturated carbocycles. The van der Waals surface area contributed by atoms with Gasteiger partial charge in [-0.1, -0.05) is 5.21 Å². The molecule has 0 unspecified atom stereocenters. The van der Waals surface area contributed by atoms with Gasteiger partial charge in [0.05, 0.1) is 18.4 Å². The van der Waals surface area contributed by atoms with Crippen LogP contribution in [0.4, 0.5) is 0 Å². The monoisotopic (exact) mass is 290 g/mol. The minimum Gasteiger partial charge on any atom is -0.480 e. The Morgan fingerprint density at radius 2 is 2.19 bits per heavy atom. The van der Waals surface area contributed by atoms with Gasteiger partial charge in [-0.25, -0.2) is 4.68 Å². The number of hydrogen-bond acceptors (Lipinski definition) is 6. The number of nitrogens with one attached hydrogen (secondary N) is 1. The Morgan fingerprint density at radius 3 is 2.90 bits per heavy atom. The van der Waals surface area contributed by atoms with Gasteiger partial charge in [-0.05, 0) is 12.1 Å². The zero-order valence-electron chi connectivity index (χ0n) is 11.1. The molecular formula is C12H14N6O3. The number of aromatic nitrogens is 4. The maximum absolute atomic E-state index is 11.9. The molecule has 2 aromatic rings. The second kappa shape index (κ2) is 6.57. The number of carboxylic acid groups (broad SMARTS) is 1. The van der Waals surface area contributed by atoms with Gasteiger partial charge in [0.15, 0.2) is 0 Å². The zero-order chi connectivity index (χ0) is 15.2. The summed E-state index contributed by atoms with van der Waals surface area (Å²) in [6.07, 6.45) is 2.98. The smallest absolute Gasteiger partial charge is 0.325 e. The van der Waals surface area contributed by atoms with E-state index in [1.54, 1.807) is 12.1 Å². The highest BCUT2D eigenvalue weighted by atomic mass is 16.4. The van der Waals surface area contributed by atoms with Crippen molar-refractivity contribution in [2.45, 2.75) is 19.6 Å². The molecule has 2 aromatic heterocycles. The van der Waals surface area contributed by atoms with E-state index in [4.69, 9.17) is 10.8 Å². The summed E-state index contributed by atoms with van der Waals surface area (Å²) < 4.78 is 1.18. The Morgan fingerprint density at radius 1 is 1.38 bits per heavy atom. The standard InChI is InChI=1S/C12H14N6O3/c13-4-9-3-8(1-2-14-9)12(21)15-5-10-6-18(17-16-10)7-11(19)20/h1-3,6H,4-5,7,13H2,(H,15,21)(H,19,20). The molecule has 110 valence electrons. The molecule has 0 saturated heterocycles. The van der Waals surface area contributed by atoms with Crippen LogP contribution in [0.15, 0.2) is 24.5 Å². The van der Waals surface area contributed by atoms with Crippen LogP contribution in [-0.2, 0) is 24.4 Å². The van der Waals surface area contributed by atoms with Gasteiger partial charge in [-0.2, -0.15) is 0 Å². The first-order chi connectivity index (χ1) is 10.1. The number of carbonyl (C=O) groups is 2. The third-order valence-corrected chi connectivity index (χ3v) is 2.60. The van der Waals surface area contributed by atoms with Crippen LogP contribution in [0.1, 0.15) is 21.7 Å². The van der Waals surface area contributed by atoms with Crippen molar-refractivity contribution in [3.05, 3.63) is 41.5 Å². The predicted molar refractivity (Wildman–Crippen MR) is 71.0 cm³/mol. The van der Waals surface area contributed by atoms with Crippen molar-refractivity contribution in [3.63, 3.8) is 0 Å². The predicted octanol–water partition coefficient (Wildman–Crippen LogP) is -0.854. The minimum atomic E-state index is -1.01. The van der Waals surface area contributed by atoms with Crippen LogP contribution < -0.4 is 11.1 Å². The molecule has 0 aliphatic rings. The van der Waals surface area contributed by atoms with Gasteiger partial charge >= 0.3 is 5.97 Å². The van der Waals surface area contributed by atoms with Crippen molar-refractivity contribution in [2.75, 3.05) is 0 Å². The number of nitrogens with two attached hydrogens (primary N) is 1. The van der Waals surface area contributed by atoms with Gasteiger partial charge in [-0.15, -0.1) is 5.10 Å².